The van der Waals surface area contributed by atoms with Gasteiger partial charge in [0.05, 0.1) is 23.4 Å². The summed E-state index contributed by atoms with van der Waals surface area (Å²) < 4.78 is 18.8. The molecule has 1 aromatic carbocycles. The number of aliphatic imine (C=N–C) groups is 1. The fraction of sp³-hybridized carbons (Fsp3) is 0.438. The van der Waals surface area contributed by atoms with Crippen LogP contribution in [-0.4, -0.2) is 24.5 Å². The number of nitrogens with zero attached hydrogens (tertiary/aromatic N) is 2. The zero-order chi connectivity index (χ0) is 16.8. The van der Waals surface area contributed by atoms with Crippen molar-refractivity contribution >= 4 is 18.0 Å². The third-order valence-electron chi connectivity index (χ3n) is 2.58. The average Bonchev–Trinajstić information content (AvgIpc) is 2.40. The molecular weight excluding hydrogens is 285 g/mol. The molecule has 0 aliphatic heterocycles. The van der Waals surface area contributed by atoms with Crippen molar-refractivity contribution in [2.45, 2.75) is 39.7 Å². The van der Waals surface area contributed by atoms with E-state index in [-0.39, 0.29) is 23.4 Å². The van der Waals surface area contributed by atoms with Crippen molar-refractivity contribution < 1.29 is 13.9 Å². The maximum Gasteiger partial charge on any atom is 0.411 e. The Bertz CT molecular complexity index is 613. The predicted molar refractivity (Wildman–Crippen MR) is 83.7 cm³/mol. The van der Waals surface area contributed by atoms with Crippen molar-refractivity contribution in [3.63, 3.8) is 0 Å². The summed E-state index contributed by atoms with van der Waals surface area (Å²) in [5.41, 5.74) is 0.281. The van der Waals surface area contributed by atoms with Gasteiger partial charge < -0.3 is 4.74 Å². The number of anilines is 1. The van der Waals surface area contributed by atoms with Gasteiger partial charge in [-0.15, -0.1) is 0 Å². The zero-order valence-corrected chi connectivity index (χ0v) is 13.2. The van der Waals surface area contributed by atoms with E-state index in [0.29, 0.717) is 12.0 Å². The summed E-state index contributed by atoms with van der Waals surface area (Å²) in [6.45, 7) is 7.67. The highest BCUT2D eigenvalue weighted by molar-refractivity contribution is 5.87. The Morgan fingerprint density at radius 1 is 1.50 bits per heavy atom. The normalized spacial score (nSPS) is 11.3. The van der Waals surface area contributed by atoms with E-state index in [1.54, 1.807) is 13.1 Å². The number of rotatable bonds is 4. The number of hydrogen-bond donors (Lipinski definition) is 1. The summed E-state index contributed by atoms with van der Waals surface area (Å²) in [6, 6.07) is 4.68. The van der Waals surface area contributed by atoms with Gasteiger partial charge in [0, 0.05) is 12.6 Å². The second-order valence-corrected chi connectivity index (χ2v) is 5.64. The Morgan fingerprint density at radius 3 is 2.73 bits per heavy atom. The van der Waals surface area contributed by atoms with Crippen molar-refractivity contribution in [2.24, 2.45) is 4.99 Å². The number of nitriles is 1. The first-order valence-corrected chi connectivity index (χ1v) is 6.96. The monoisotopic (exact) mass is 305 g/mol. The molecule has 0 unspecified atom stereocenters. The largest absolute Gasteiger partial charge is 0.450 e. The summed E-state index contributed by atoms with van der Waals surface area (Å²) in [5.74, 6) is -0.675. The Kier molecular flexibility index (Phi) is 6.05. The Hall–Kier alpha value is -2.42. The minimum Gasteiger partial charge on any atom is -0.450 e. The maximum atomic E-state index is 14.1. The van der Waals surface area contributed by atoms with Gasteiger partial charge in [-0.25, -0.2) is 9.18 Å². The summed E-state index contributed by atoms with van der Waals surface area (Å²) in [4.78, 5) is 15.7. The summed E-state index contributed by atoms with van der Waals surface area (Å²) >= 11 is 0. The molecule has 1 N–H and O–H groups in total. The highest BCUT2D eigenvalue weighted by atomic mass is 19.1. The van der Waals surface area contributed by atoms with Gasteiger partial charge in [0.2, 0.25) is 0 Å². The van der Waals surface area contributed by atoms with Crippen LogP contribution in [-0.2, 0) is 11.2 Å². The molecule has 0 atom stereocenters. The molecule has 0 aliphatic rings. The molecule has 6 heteroatoms. The lowest BCUT2D eigenvalue weighted by molar-refractivity contribution is 0.168. The van der Waals surface area contributed by atoms with E-state index in [1.807, 2.05) is 26.8 Å². The van der Waals surface area contributed by atoms with Gasteiger partial charge in [0.25, 0.3) is 0 Å². The molecule has 1 aromatic rings. The third-order valence-corrected chi connectivity index (χ3v) is 2.58. The number of carbonyl (C=O) groups excluding carboxylic acids is 1. The molecule has 0 saturated heterocycles. The molecule has 0 bridgehead atoms. The average molecular weight is 305 g/mol. The fourth-order valence-electron chi connectivity index (χ4n) is 1.69. The van der Waals surface area contributed by atoms with E-state index in [2.05, 4.69) is 15.0 Å². The molecule has 0 fully saturated rings. The first kappa shape index (κ1) is 17.6. The van der Waals surface area contributed by atoms with Crippen molar-refractivity contribution in [1.29, 1.82) is 5.26 Å². The smallest absolute Gasteiger partial charge is 0.411 e. The number of halogens is 1. The number of carbonyl (C=O) groups is 1. The minimum atomic E-state index is -0.792. The Balaban J connectivity index is 2.98. The van der Waals surface area contributed by atoms with E-state index in [1.165, 1.54) is 12.1 Å². The number of benzene rings is 1. The molecule has 0 saturated carbocycles. The van der Waals surface area contributed by atoms with E-state index in [4.69, 9.17) is 5.26 Å². The molecule has 0 aliphatic carbocycles. The van der Waals surface area contributed by atoms with Crippen LogP contribution >= 0.6 is 0 Å². The van der Waals surface area contributed by atoms with Crippen LogP contribution < -0.4 is 5.32 Å². The molecule has 1 rings (SSSR count). The van der Waals surface area contributed by atoms with E-state index in [0.717, 1.165) is 0 Å². The van der Waals surface area contributed by atoms with Crippen molar-refractivity contribution in [2.75, 3.05) is 11.9 Å². The van der Waals surface area contributed by atoms with Gasteiger partial charge in [-0.1, -0.05) is 0 Å². The van der Waals surface area contributed by atoms with Crippen molar-refractivity contribution in [3.8, 4) is 6.07 Å². The SMILES string of the molecule is CCOC(=O)Nc1c(F)cc(CC=NC(C)(C)C)cc1C#N. The molecule has 0 radical (unpaired) electrons. The van der Waals surface area contributed by atoms with Crippen molar-refractivity contribution in [3.05, 3.63) is 29.1 Å². The second kappa shape index (κ2) is 7.55. The molecule has 0 heterocycles. The number of nitrogens with one attached hydrogen (secondary N) is 1. The standard InChI is InChI=1S/C16H20FN3O2/c1-5-22-15(21)20-14-12(10-18)8-11(9-13(14)17)6-7-19-16(2,3)4/h7-9H,5-6H2,1-4H3,(H,20,21). The lowest BCUT2D eigenvalue weighted by Gasteiger charge is -2.12. The highest BCUT2D eigenvalue weighted by Crippen LogP contribution is 2.22. The highest BCUT2D eigenvalue weighted by Gasteiger charge is 2.14. The van der Waals surface area contributed by atoms with Crippen molar-refractivity contribution in [1.82, 2.24) is 0 Å². The van der Waals surface area contributed by atoms with Crippen LogP contribution in [0.25, 0.3) is 0 Å². The first-order valence-electron chi connectivity index (χ1n) is 6.96. The lowest BCUT2D eigenvalue weighted by Crippen LogP contribution is -2.15. The molecule has 1 amide bonds. The van der Waals surface area contributed by atoms with Crippen LogP contribution in [0.3, 0.4) is 0 Å². The molecular formula is C16H20FN3O2. The van der Waals surface area contributed by atoms with Crippen LogP contribution in [0.15, 0.2) is 17.1 Å². The molecule has 22 heavy (non-hydrogen) atoms. The summed E-state index contributed by atoms with van der Waals surface area (Å²) in [7, 11) is 0. The summed E-state index contributed by atoms with van der Waals surface area (Å²) in [5, 5.41) is 11.4. The van der Waals surface area contributed by atoms with Gasteiger partial charge in [0.15, 0.2) is 0 Å². The summed E-state index contributed by atoms with van der Waals surface area (Å²) in [6.07, 6.45) is 1.30. The second-order valence-electron chi connectivity index (χ2n) is 5.64. The van der Waals surface area contributed by atoms with Gasteiger partial charge in [-0.05, 0) is 45.4 Å². The van der Waals surface area contributed by atoms with Crippen LogP contribution in [0.4, 0.5) is 14.9 Å². The molecule has 5 nitrogen and oxygen atoms in total. The van der Waals surface area contributed by atoms with Gasteiger partial charge >= 0.3 is 6.09 Å². The van der Waals surface area contributed by atoms with Gasteiger partial charge in [0.1, 0.15) is 11.9 Å². The molecule has 0 spiro atoms. The van der Waals surface area contributed by atoms with E-state index in [9.17, 15) is 9.18 Å². The third kappa shape index (κ3) is 5.52. The predicted octanol–water partition coefficient (Wildman–Crippen LogP) is 3.68. The van der Waals surface area contributed by atoms with Crippen LogP contribution in [0, 0.1) is 17.1 Å². The van der Waals surface area contributed by atoms with E-state index < -0.39 is 11.9 Å². The number of hydrogen-bond acceptors (Lipinski definition) is 4. The van der Waals surface area contributed by atoms with Gasteiger partial charge in [-0.3, -0.25) is 10.3 Å². The lowest BCUT2D eigenvalue weighted by atomic mass is 10.1. The van der Waals surface area contributed by atoms with E-state index >= 15 is 0 Å². The maximum absolute atomic E-state index is 14.1. The number of ether oxygens (including phenoxy) is 1. The zero-order valence-electron chi connectivity index (χ0n) is 13.2. The molecule has 118 valence electrons. The Morgan fingerprint density at radius 2 is 2.18 bits per heavy atom. The van der Waals surface area contributed by atoms with Gasteiger partial charge in [-0.2, -0.15) is 5.26 Å². The first-order chi connectivity index (χ1) is 10.3. The minimum absolute atomic E-state index is 0.0483. The van der Waals surface area contributed by atoms with Crippen LogP contribution in [0.1, 0.15) is 38.8 Å². The molecule has 0 aromatic heterocycles. The Labute approximate surface area is 129 Å². The fourth-order valence-corrected chi connectivity index (χ4v) is 1.69. The number of amides is 1. The topological polar surface area (TPSA) is 74.5 Å². The van der Waals surface area contributed by atoms with Crippen LogP contribution in [0.5, 0.6) is 0 Å². The quantitative estimate of drug-likeness (QED) is 0.862. The van der Waals surface area contributed by atoms with Crippen LogP contribution in [0.2, 0.25) is 0 Å².